The minimum absolute atomic E-state index is 0.181. The molecule has 2 atom stereocenters. The molecule has 0 aromatic heterocycles. The van der Waals surface area contributed by atoms with Gasteiger partial charge in [0.1, 0.15) is 0 Å². The lowest BCUT2D eigenvalue weighted by Gasteiger charge is -2.43. The van der Waals surface area contributed by atoms with E-state index >= 15 is 0 Å². The Morgan fingerprint density at radius 1 is 1.14 bits per heavy atom. The van der Waals surface area contributed by atoms with E-state index in [0.717, 1.165) is 0 Å². The predicted molar refractivity (Wildman–Crippen MR) is 67.3 cm³/mol. The van der Waals surface area contributed by atoms with Gasteiger partial charge in [0.15, 0.2) is 0 Å². The molecule has 0 unspecified atom stereocenters. The molecular formula is C12H24OSi. The second-order valence-corrected chi connectivity index (χ2v) is 11.1. The summed E-state index contributed by atoms with van der Waals surface area (Å²) in [7, 11) is -1.56. The molecule has 0 radical (unpaired) electrons. The van der Waals surface area contributed by atoms with Crippen LogP contribution in [0.3, 0.4) is 0 Å². The molecule has 82 valence electrons. The highest BCUT2D eigenvalue weighted by molar-refractivity contribution is 6.82. The minimum atomic E-state index is -1.56. The van der Waals surface area contributed by atoms with Gasteiger partial charge in [-0.1, -0.05) is 46.0 Å². The molecule has 0 saturated carbocycles. The molecule has 0 bridgehead atoms. The highest BCUT2D eigenvalue weighted by Crippen LogP contribution is 2.45. The largest absolute Gasteiger partial charge is 0.389 e. The van der Waals surface area contributed by atoms with Gasteiger partial charge < -0.3 is 5.11 Å². The minimum Gasteiger partial charge on any atom is -0.389 e. The van der Waals surface area contributed by atoms with E-state index in [4.69, 9.17) is 0 Å². The Hall–Kier alpha value is -0.343. The quantitative estimate of drug-likeness (QED) is 0.557. The van der Waals surface area contributed by atoms with Gasteiger partial charge in [0, 0.05) is 5.54 Å². The SMILES string of the molecule is C=C[C@H]([C@@H](O)C=C)[Si](C)(C)C(C)(C)C. The lowest BCUT2D eigenvalue weighted by atomic mass is 10.2. The Bertz CT molecular complexity index is 213. The van der Waals surface area contributed by atoms with Gasteiger partial charge in [-0.15, -0.1) is 13.2 Å². The summed E-state index contributed by atoms with van der Waals surface area (Å²) >= 11 is 0. The van der Waals surface area contributed by atoms with Crippen LogP contribution in [0.1, 0.15) is 20.8 Å². The molecule has 14 heavy (non-hydrogen) atoms. The van der Waals surface area contributed by atoms with Crippen molar-refractivity contribution < 1.29 is 5.11 Å². The summed E-state index contributed by atoms with van der Waals surface area (Å²) in [5.41, 5.74) is 0.181. The van der Waals surface area contributed by atoms with E-state index in [1.54, 1.807) is 6.08 Å². The lowest BCUT2D eigenvalue weighted by Crippen LogP contribution is -2.45. The topological polar surface area (TPSA) is 20.2 Å². The van der Waals surface area contributed by atoms with Crippen LogP contribution in [0.2, 0.25) is 23.7 Å². The van der Waals surface area contributed by atoms with Crippen LogP contribution in [-0.4, -0.2) is 19.3 Å². The highest BCUT2D eigenvalue weighted by atomic mass is 28.3. The summed E-state index contributed by atoms with van der Waals surface area (Å²) in [5.74, 6) is 0. The zero-order valence-corrected chi connectivity index (χ0v) is 11.2. The summed E-state index contributed by atoms with van der Waals surface area (Å²) < 4.78 is 0. The van der Waals surface area contributed by atoms with Gasteiger partial charge >= 0.3 is 0 Å². The van der Waals surface area contributed by atoms with Gasteiger partial charge in [-0.2, -0.15) is 0 Å². The summed E-state index contributed by atoms with van der Waals surface area (Å²) in [4.78, 5) is 0. The van der Waals surface area contributed by atoms with E-state index < -0.39 is 14.2 Å². The van der Waals surface area contributed by atoms with Crippen LogP contribution in [0.25, 0.3) is 0 Å². The lowest BCUT2D eigenvalue weighted by molar-refractivity contribution is 0.223. The van der Waals surface area contributed by atoms with E-state index in [0.29, 0.717) is 0 Å². The predicted octanol–water partition coefficient (Wildman–Crippen LogP) is 3.60. The van der Waals surface area contributed by atoms with Crippen molar-refractivity contribution >= 4 is 8.07 Å². The Labute approximate surface area is 89.5 Å². The van der Waals surface area contributed by atoms with Crippen LogP contribution in [0.5, 0.6) is 0 Å². The summed E-state index contributed by atoms with van der Waals surface area (Å²) in [5, 5.41) is 10.1. The van der Waals surface area contributed by atoms with Gasteiger partial charge in [-0.3, -0.25) is 0 Å². The van der Waals surface area contributed by atoms with Crippen LogP contribution in [0.4, 0.5) is 0 Å². The van der Waals surface area contributed by atoms with E-state index in [2.05, 4.69) is 47.0 Å². The normalized spacial score (nSPS) is 17.3. The van der Waals surface area contributed by atoms with Crippen molar-refractivity contribution in [3.63, 3.8) is 0 Å². The summed E-state index contributed by atoms with van der Waals surface area (Å²) in [6.07, 6.45) is 3.06. The van der Waals surface area contributed by atoms with E-state index in [1.165, 1.54) is 0 Å². The molecule has 0 saturated heterocycles. The van der Waals surface area contributed by atoms with Crippen LogP contribution in [0, 0.1) is 0 Å². The molecule has 1 nitrogen and oxygen atoms in total. The molecule has 0 rings (SSSR count). The zero-order valence-electron chi connectivity index (χ0n) is 10.2. The van der Waals surface area contributed by atoms with Crippen molar-refractivity contribution in [2.75, 3.05) is 0 Å². The second kappa shape index (κ2) is 4.45. The Morgan fingerprint density at radius 2 is 1.57 bits per heavy atom. The number of aliphatic hydroxyl groups is 1. The molecule has 0 aliphatic carbocycles. The van der Waals surface area contributed by atoms with Crippen molar-refractivity contribution in [3.05, 3.63) is 25.3 Å². The molecular weight excluding hydrogens is 188 g/mol. The first-order chi connectivity index (χ1) is 6.18. The summed E-state index contributed by atoms with van der Waals surface area (Å²) in [6.45, 7) is 18.8. The maximum Gasteiger partial charge on any atom is 0.0757 e. The monoisotopic (exact) mass is 212 g/mol. The van der Waals surface area contributed by atoms with Crippen molar-refractivity contribution in [2.24, 2.45) is 0 Å². The zero-order chi connectivity index (χ0) is 11.6. The van der Waals surface area contributed by atoms with Gasteiger partial charge in [-0.05, 0) is 5.04 Å². The van der Waals surface area contributed by atoms with Crippen molar-refractivity contribution in [3.8, 4) is 0 Å². The number of aliphatic hydroxyl groups excluding tert-OH is 1. The molecule has 0 aliphatic heterocycles. The van der Waals surface area contributed by atoms with Crippen molar-refractivity contribution in [1.82, 2.24) is 0 Å². The molecule has 0 spiro atoms. The van der Waals surface area contributed by atoms with Gasteiger partial charge in [0.05, 0.1) is 14.2 Å². The molecule has 0 heterocycles. The van der Waals surface area contributed by atoms with Crippen LogP contribution in [0.15, 0.2) is 25.3 Å². The molecule has 2 heteroatoms. The Balaban J connectivity index is 5.02. The standard InChI is InChI=1S/C12H24OSi/c1-8-10(13)11(9-2)14(6,7)12(3,4)5/h8-11,13H,1-2H2,3-7H3/t10-,11+/m0/s1. The molecule has 0 amide bonds. The number of hydrogen-bond donors (Lipinski definition) is 1. The maximum atomic E-state index is 9.86. The van der Waals surface area contributed by atoms with Gasteiger partial charge in [-0.25, -0.2) is 0 Å². The van der Waals surface area contributed by atoms with Crippen molar-refractivity contribution in [1.29, 1.82) is 0 Å². The molecule has 0 aromatic rings. The fraction of sp³-hybridized carbons (Fsp3) is 0.667. The highest BCUT2D eigenvalue weighted by Gasteiger charge is 2.42. The van der Waals surface area contributed by atoms with Crippen molar-refractivity contribution in [2.45, 2.75) is 50.5 Å². The first kappa shape index (κ1) is 13.7. The number of hydrogen-bond acceptors (Lipinski definition) is 1. The smallest absolute Gasteiger partial charge is 0.0757 e. The first-order valence-electron chi connectivity index (χ1n) is 5.11. The van der Waals surface area contributed by atoms with E-state index in [-0.39, 0.29) is 10.6 Å². The summed E-state index contributed by atoms with van der Waals surface area (Å²) in [6, 6.07) is 0. The third-order valence-electron chi connectivity index (χ3n) is 3.63. The third-order valence-corrected chi connectivity index (χ3v) is 9.74. The van der Waals surface area contributed by atoms with E-state index in [9.17, 15) is 5.11 Å². The Morgan fingerprint density at radius 3 is 1.79 bits per heavy atom. The van der Waals surface area contributed by atoms with Crippen LogP contribution in [-0.2, 0) is 0 Å². The average molecular weight is 212 g/mol. The van der Waals surface area contributed by atoms with Gasteiger partial charge in [0.25, 0.3) is 0 Å². The van der Waals surface area contributed by atoms with Crippen LogP contribution < -0.4 is 0 Å². The first-order valence-corrected chi connectivity index (χ1v) is 8.19. The van der Waals surface area contributed by atoms with E-state index in [1.807, 2.05) is 6.08 Å². The molecule has 0 aromatic carbocycles. The van der Waals surface area contributed by atoms with Gasteiger partial charge in [0.2, 0.25) is 0 Å². The fourth-order valence-corrected chi connectivity index (χ4v) is 4.09. The maximum absolute atomic E-state index is 9.86. The molecule has 0 fully saturated rings. The Kier molecular flexibility index (Phi) is 4.34. The molecule has 1 N–H and O–H groups in total. The third kappa shape index (κ3) is 2.58. The average Bonchev–Trinajstić information content (AvgIpc) is 2.02. The fourth-order valence-electron chi connectivity index (χ4n) is 1.51. The van der Waals surface area contributed by atoms with Crippen LogP contribution >= 0.6 is 0 Å². The second-order valence-electron chi connectivity index (χ2n) is 5.46. The number of rotatable bonds is 4. The molecule has 0 aliphatic rings.